The Morgan fingerprint density at radius 2 is 1.56 bits per heavy atom. The third-order valence-electron chi connectivity index (χ3n) is 4.62. The van der Waals surface area contributed by atoms with E-state index in [2.05, 4.69) is 0 Å². The first kappa shape index (κ1) is 13.4. The number of carbonyl (C=O) groups is 2. The summed E-state index contributed by atoms with van der Waals surface area (Å²) in [6, 6.07) is 0.335. The molecule has 2 saturated carbocycles. The Kier molecular flexibility index (Phi) is 4.25. The fourth-order valence-corrected chi connectivity index (χ4v) is 3.46. The van der Waals surface area contributed by atoms with E-state index in [1.54, 1.807) is 0 Å². The Balaban J connectivity index is 1.99. The van der Waals surface area contributed by atoms with Crippen LogP contribution in [0.3, 0.4) is 0 Å². The van der Waals surface area contributed by atoms with E-state index in [-0.39, 0.29) is 11.8 Å². The lowest BCUT2D eigenvalue weighted by Crippen LogP contribution is -2.43. The van der Waals surface area contributed by atoms with Gasteiger partial charge in [-0.05, 0) is 25.7 Å². The van der Waals surface area contributed by atoms with Gasteiger partial charge in [-0.25, -0.2) is 0 Å². The number of aliphatic carboxylic acids is 1. The molecular weight excluding hydrogens is 230 g/mol. The van der Waals surface area contributed by atoms with E-state index >= 15 is 0 Å². The van der Waals surface area contributed by atoms with E-state index in [0.29, 0.717) is 12.5 Å². The molecule has 4 heteroatoms. The molecule has 0 bridgehead atoms. The van der Waals surface area contributed by atoms with E-state index in [0.717, 1.165) is 25.7 Å². The van der Waals surface area contributed by atoms with Crippen LogP contribution in [0.1, 0.15) is 51.4 Å². The highest BCUT2D eigenvalue weighted by atomic mass is 16.4. The van der Waals surface area contributed by atoms with Gasteiger partial charge in [0.1, 0.15) is 0 Å². The van der Waals surface area contributed by atoms with Crippen molar-refractivity contribution in [2.75, 3.05) is 7.05 Å². The average Bonchev–Trinajstić information content (AvgIpc) is 2.87. The first-order valence-corrected chi connectivity index (χ1v) is 7.10. The van der Waals surface area contributed by atoms with Crippen LogP contribution in [0.2, 0.25) is 0 Å². The van der Waals surface area contributed by atoms with Gasteiger partial charge >= 0.3 is 5.97 Å². The quantitative estimate of drug-likeness (QED) is 0.839. The van der Waals surface area contributed by atoms with Gasteiger partial charge in [0.15, 0.2) is 0 Å². The number of hydrogen-bond acceptors (Lipinski definition) is 2. The number of carbonyl (C=O) groups excluding carboxylic acids is 1. The predicted molar refractivity (Wildman–Crippen MR) is 68.1 cm³/mol. The maximum Gasteiger partial charge on any atom is 0.307 e. The van der Waals surface area contributed by atoms with Gasteiger partial charge in [-0.2, -0.15) is 0 Å². The van der Waals surface area contributed by atoms with Crippen molar-refractivity contribution in [3.8, 4) is 0 Å². The van der Waals surface area contributed by atoms with Gasteiger partial charge in [0.2, 0.25) is 5.91 Å². The molecule has 0 spiro atoms. The Morgan fingerprint density at radius 1 is 0.944 bits per heavy atom. The third-order valence-corrected chi connectivity index (χ3v) is 4.62. The van der Waals surface area contributed by atoms with E-state index in [4.69, 9.17) is 5.11 Å². The molecule has 18 heavy (non-hydrogen) atoms. The average molecular weight is 253 g/mol. The van der Waals surface area contributed by atoms with Crippen molar-refractivity contribution in [3.05, 3.63) is 0 Å². The molecule has 1 amide bonds. The number of hydrogen-bond donors (Lipinski definition) is 1. The highest BCUT2D eigenvalue weighted by molar-refractivity contribution is 5.85. The molecule has 2 fully saturated rings. The molecule has 2 atom stereocenters. The summed E-state index contributed by atoms with van der Waals surface area (Å²) in [6.07, 6.45) is 8.06. The number of amides is 1. The lowest BCUT2D eigenvalue weighted by atomic mass is 9.91. The Bertz CT molecular complexity index is 323. The molecule has 0 aromatic heterocycles. The van der Waals surface area contributed by atoms with Crippen molar-refractivity contribution < 1.29 is 14.7 Å². The summed E-state index contributed by atoms with van der Waals surface area (Å²) in [5.41, 5.74) is 0. The summed E-state index contributed by atoms with van der Waals surface area (Å²) in [7, 11) is 1.86. The molecule has 0 heterocycles. The van der Waals surface area contributed by atoms with Crippen LogP contribution in [0.4, 0.5) is 0 Å². The molecule has 0 aromatic rings. The fourth-order valence-electron chi connectivity index (χ4n) is 3.46. The van der Waals surface area contributed by atoms with E-state index in [9.17, 15) is 9.59 Å². The maximum atomic E-state index is 12.4. The molecule has 0 radical (unpaired) electrons. The zero-order chi connectivity index (χ0) is 13.1. The normalized spacial score (nSPS) is 29.2. The monoisotopic (exact) mass is 253 g/mol. The molecule has 2 unspecified atom stereocenters. The second kappa shape index (κ2) is 5.72. The zero-order valence-electron chi connectivity index (χ0n) is 11.1. The molecule has 4 nitrogen and oxygen atoms in total. The van der Waals surface area contributed by atoms with Crippen LogP contribution in [0.5, 0.6) is 0 Å². The highest BCUT2D eigenvalue weighted by Gasteiger charge is 2.40. The maximum absolute atomic E-state index is 12.4. The number of carboxylic acid groups (broad SMARTS) is 1. The summed E-state index contributed by atoms with van der Waals surface area (Å²) in [5, 5.41) is 9.15. The van der Waals surface area contributed by atoms with Crippen molar-refractivity contribution in [1.29, 1.82) is 0 Å². The van der Waals surface area contributed by atoms with Gasteiger partial charge in [0, 0.05) is 13.1 Å². The molecule has 2 aliphatic carbocycles. The van der Waals surface area contributed by atoms with Gasteiger partial charge in [-0.15, -0.1) is 0 Å². The standard InChI is InChI=1S/C14H23NO3/c1-15(10-6-3-2-4-7-10)13(16)11-8-5-9-12(11)14(17)18/h10-12H,2-9H2,1H3,(H,17,18). The van der Waals surface area contributed by atoms with Crippen molar-refractivity contribution in [2.24, 2.45) is 11.8 Å². The third kappa shape index (κ3) is 2.68. The first-order valence-electron chi connectivity index (χ1n) is 7.10. The molecule has 1 N–H and O–H groups in total. The topological polar surface area (TPSA) is 57.6 Å². The molecule has 2 rings (SSSR count). The smallest absolute Gasteiger partial charge is 0.307 e. The van der Waals surface area contributed by atoms with Crippen LogP contribution in [0.15, 0.2) is 0 Å². The lowest BCUT2D eigenvalue weighted by Gasteiger charge is -2.33. The van der Waals surface area contributed by atoms with Crippen LogP contribution in [-0.4, -0.2) is 35.0 Å². The number of nitrogens with zero attached hydrogens (tertiary/aromatic N) is 1. The van der Waals surface area contributed by atoms with Gasteiger partial charge in [0.25, 0.3) is 0 Å². The summed E-state index contributed by atoms with van der Waals surface area (Å²) in [4.78, 5) is 25.4. The van der Waals surface area contributed by atoms with E-state index < -0.39 is 11.9 Å². The van der Waals surface area contributed by atoms with Crippen molar-refractivity contribution in [2.45, 2.75) is 57.4 Å². The molecule has 2 aliphatic rings. The summed E-state index contributed by atoms with van der Waals surface area (Å²) in [6.45, 7) is 0. The minimum absolute atomic E-state index is 0.0619. The number of rotatable bonds is 3. The van der Waals surface area contributed by atoms with Gasteiger partial charge in [-0.3, -0.25) is 9.59 Å². The van der Waals surface area contributed by atoms with Gasteiger partial charge in [0.05, 0.1) is 11.8 Å². The Morgan fingerprint density at radius 3 is 2.17 bits per heavy atom. The second-order valence-electron chi connectivity index (χ2n) is 5.72. The minimum atomic E-state index is -0.803. The predicted octanol–water partition coefficient (Wildman–Crippen LogP) is 2.28. The van der Waals surface area contributed by atoms with Crippen molar-refractivity contribution in [1.82, 2.24) is 4.90 Å². The van der Waals surface area contributed by atoms with Crippen LogP contribution in [0, 0.1) is 11.8 Å². The Hall–Kier alpha value is -1.06. The molecule has 102 valence electrons. The first-order chi connectivity index (χ1) is 8.61. The van der Waals surface area contributed by atoms with Crippen LogP contribution < -0.4 is 0 Å². The number of carboxylic acids is 1. The van der Waals surface area contributed by atoms with Crippen molar-refractivity contribution >= 4 is 11.9 Å². The zero-order valence-corrected chi connectivity index (χ0v) is 11.1. The molecule has 0 aromatic carbocycles. The largest absolute Gasteiger partial charge is 0.481 e. The fraction of sp³-hybridized carbons (Fsp3) is 0.857. The van der Waals surface area contributed by atoms with Crippen molar-refractivity contribution in [3.63, 3.8) is 0 Å². The summed E-state index contributed by atoms with van der Waals surface area (Å²) in [5.74, 6) is -1.48. The molecule has 0 saturated heterocycles. The summed E-state index contributed by atoms with van der Waals surface area (Å²) >= 11 is 0. The molecular formula is C14H23NO3. The Labute approximate surface area is 108 Å². The van der Waals surface area contributed by atoms with Crippen LogP contribution >= 0.6 is 0 Å². The lowest BCUT2D eigenvalue weighted by molar-refractivity contribution is -0.149. The van der Waals surface area contributed by atoms with Gasteiger partial charge < -0.3 is 10.0 Å². The van der Waals surface area contributed by atoms with E-state index in [1.165, 1.54) is 19.3 Å². The van der Waals surface area contributed by atoms with Gasteiger partial charge in [-0.1, -0.05) is 25.7 Å². The second-order valence-corrected chi connectivity index (χ2v) is 5.72. The van der Waals surface area contributed by atoms with Crippen LogP contribution in [-0.2, 0) is 9.59 Å². The highest BCUT2D eigenvalue weighted by Crippen LogP contribution is 2.34. The minimum Gasteiger partial charge on any atom is -0.481 e. The SMILES string of the molecule is CN(C(=O)C1CCCC1C(=O)O)C1CCCCC1. The molecule has 0 aliphatic heterocycles. The van der Waals surface area contributed by atoms with Crippen LogP contribution in [0.25, 0.3) is 0 Å². The summed E-state index contributed by atoms with van der Waals surface area (Å²) < 4.78 is 0. The van der Waals surface area contributed by atoms with E-state index in [1.807, 2.05) is 11.9 Å².